The van der Waals surface area contributed by atoms with Gasteiger partial charge in [-0.1, -0.05) is 0 Å². The number of carbonyl (C=O) groups excluding carboxylic acids is 1. The van der Waals surface area contributed by atoms with Crippen molar-refractivity contribution in [2.75, 3.05) is 33.8 Å². The lowest BCUT2D eigenvalue weighted by molar-refractivity contribution is -0.123. The van der Waals surface area contributed by atoms with Gasteiger partial charge in [0.05, 0.1) is 5.69 Å². The zero-order chi connectivity index (χ0) is 15.2. The number of pyridine rings is 1. The Morgan fingerprint density at radius 1 is 1.48 bits per heavy atom. The number of aromatic nitrogens is 2. The quantitative estimate of drug-likeness (QED) is 0.776. The Morgan fingerprint density at radius 2 is 2.29 bits per heavy atom. The van der Waals surface area contributed by atoms with Gasteiger partial charge < -0.3 is 19.4 Å². The summed E-state index contributed by atoms with van der Waals surface area (Å²) in [7, 11) is 4.02. The van der Waals surface area contributed by atoms with Crippen LogP contribution in [0.4, 0.5) is 0 Å². The third-order valence-electron chi connectivity index (χ3n) is 3.03. The molecule has 0 aromatic carbocycles. The van der Waals surface area contributed by atoms with E-state index in [9.17, 15) is 4.79 Å². The maximum Gasteiger partial charge on any atom is 0.257 e. The smallest absolute Gasteiger partial charge is 0.257 e. The maximum absolute atomic E-state index is 11.7. The van der Waals surface area contributed by atoms with Gasteiger partial charge in [-0.15, -0.1) is 0 Å². The lowest BCUT2D eigenvalue weighted by Crippen LogP contribution is -2.31. The normalized spacial score (nSPS) is 11.0. The van der Waals surface area contributed by atoms with Gasteiger partial charge in [0, 0.05) is 18.9 Å². The van der Waals surface area contributed by atoms with Crippen LogP contribution < -0.4 is 10.1 Å². The Labute approximate surface area is 124 Å². The Bertz CT molecular complexity index is 607. The molecule has 0 spiro atoms. The van der Waals surface area contributed by atoms with Crippen LogP contribution in [0.25, 0.3) is 5.65 Å². The van der Waals surface area contributed by atoms with Crippen molar-refractivity contribution in [3.63, 3.8) is 0 Å². The summed E-state index contributed by atoms with van der Waals surface area (Å²) < 4.78 is 7.46. The number of imidazole rings is 1. The van der Waals surface area contributed by atoms with Crippen LogP contribution in [0.3, 0.4) is 0 Å². The number of nitrogens with zero attached hydrogens (tertiary/aromatic N) is 3. The van der Waals surface area contributed by atoms with Crippen molar-refractivity contribution < 1.29 is 9.53 Å². The first kappa shape index (κ1) is 15.3. The average Bonchev–Trinajstić information content (AvgIpc) is 2.81. The van der Waals surface area contributed by atoms with E-state index in [-0.39, 0.29) is 12.5 Å². The summed E-state index contributed by atoms with van der Waals surface area (Å²) >= 11 is 0. The highest BCUT2D eigenvalue weighted by Crippen LogP contribution is 2.18. The number of fused-ring (bicyclic) bond motifs is 1. The highest BCUT2D eigenvalue weighted by molar-refractivity contribution is 5.77. The second-order valence-corrected chi connectivity index (χ2v) is 5.28. The monoisotopic (exact) mass is 290 g/mol. The summed E-state index contributed by atoms with van der Waals surface area (Å²) in [5, 5.41) is 2.84. The van der Waals surface area contributed by atoms with Crippen LogP contribution in [0.2, 0.25) is 0 Å². The van der Waals surface area contributed by atoms with Crippen molar-refractivity contribution in [1.29, 1.82) is 0 Å². The van der Waals surface area contributed by atoms with E-state index in [1.807, 2.05) is 49.9 Å². The SMILES string of the molecule is Cc1cn2cccc(OCC(=O)NCCCN(C)C)c2n1. The molecule has 0 aliphatic carbocycles. The van der Waals surface area contributed by atoms with Gasteiger partial charge in [0.1, 0.15) is 0 Å². The van der Waals surface area contributed by atoms with Crippen LogP contribution in [0, 0.1) is 6.92 Å². The second kappa shape index (κ2) is 7.08. The number of amides is 1. The van der Waals surface area contributed by atoms with Gasteiger partial charge >= 0.3 is 0 Å². The first-order chi connectivity index (χ1) is 10.1. The van der Waals surface area contributed by atoms with Crippen molar-refractivity contribution in [3.8, 4) is 5.75 Å². The number of rotatable bonds is 7. The molecule has 0 aliphatic heterocycles. The Kier molecular flexibility index (Phi) is 5.16. The zero-order valence-corrected chi connectivity index (χ0v) is 12.8. The van der Waals surface area contributed by atoms with E-state index >= 15 is 0 Å². The molecule has 0 fully saturated rings. The number of nitrogens with one attached hydrogen (secondary N) is 1. The molecule has 0 radical (unpaired) electrons. The molecule has 6 nitrogen and oxygen atoms in total. The predicted octanol–water partition coefficient (Wildman–Crippen LogP) is 1.09. The molecule has 114 valence electrons. The number of hydrogen-bond acceptors (Lipinski definition) is 4. The molecule has 0 bridgehead atoms. The Hall–Kier alpha value is -2.08. The van der Waals surface area contributed by atoms with Crippen molar-refractivity contribution in [2.24, 2.45) is 0 Å². The van der Waals surface area contributed by atoms with Crippen LogP contribution >= 0.6 is 0 Å². The molecule has 2 aromatic rings. The van der Waals surface area contributed by atoms with Crippen molar-refractivity contribution >= 4 is 11.6 Å². The first-order valence-electron chi connectivity index (χ1n) is 7.05. The lowest BCUT2D eigenvalue weighted by Gasteiger charge is -2.10. The molecular formula is C15H22N4O2. The molecule has 2 aromatic heterocycles. The van der Waals surface area contributed by atoms with Crippen LogP contribution in [0.1, 0.15) is 12.1 Å². The minimum Gasteiger partial charge on any atom is -0.480 e. The minimum absolute atomic E-state index is 0.00749. The van der Waals surface area contributed by atoms with Crippen LogP contribution in [-0.4, -0.2) is 54.0 Å². The fourth-order valence-electron chi connectivity index (χ4n) is 2.04. The lowest BCUT2D eigenvalue weighted by atomic mass is 10.4. The van der Waals surface area contributed by atoms with Gasteiger partial charge in [-0.3, -0.25) is 4.79 Å². The molecule has 2 heterocycles. The van der Waals surface area contributed by atoms with E-state index < -0.39 is 0 Å². The molecule has 6 heteroatoms. The third kappa shape index (κ3) is 4.46. The van der Waals surface area contributed by atoms with Crippen molar-refractivity contribution in [3.05, 3.63) is 30.2 Å². The predicted molar refractivity (Wildman–Crippen MR) is 81.6 cm³/mol. The molecule has 2 rings (SSSR count). The highest BCUT2D eigenvalue weighted by atomic mass is 16.5. The Balaban J connectivity index is 1.83. The fraction of sp³-hybridized carbons (Fsp3) is 0.467. The van der Waals surface area contributed by atoms with E-state index in [0.29, 0.717) is 12.3 Å². The van der Waals surface area contributed by atoms with Gasteiger partial charge in [-0.05, 0) is 46.1 Å². The number of carbonyl (C=O) groups is 1. The molecule has 1 amide bonds. The summed E-state index contributed by atoms with van der Waals surface area (Å²) in [6.45, 7) is 3.54. The third-order valence-corrected chi connectivity index (χ3v) is 3.03. The molecule has 21 heavy (non-hydrogen) atoms. The standard InChI is InChI=1S/C15H22N4O2/c1-12-10-19-9-4-6-13(15(19)17-12)21-11-14(20)16-7-5-8-18(2)3/h4,6,9-10H,5,7-8,11H2,1-3H3,(H,16,20). The van der Waals surface area contributed by atoms with Gasteiger partial charge in [0.2, 0.25) is 0 Å². The molecule has 0 saturated heterocycles. The van der Waals surface area contributed by atoms with Gasteiger partial charge in [-0.25, -0.2) is 4.98 Å². The van der Waals surface area contributed by atoms with Gasteiger partial charge in [0.25, 0.3) is 5.91 Å². The number of aryl methyl sites for hydroxylation is 1. The van der Waals surface area contributed by atoms with E-state index in [1.165, 1.54) is 0 Å². The summed E-state index contributed by atoms with van der Waals surface area (Å²) in [6.07, 6.45) is 4.75. The number of hydrogen-bond donors (Lipinski definition) is 1. The Morgan fingerprint density at radius 3 is 3.05 bits per heavy atom. The maximum atomic E-state index is 11.7. The fourth-order valence-corrected chi connectivity index (χ4v) is 2.04. The molecule has 0 aliphatic rings. The van der Waals surface area contributed by atoms with Gasteiger partial charge in [-0.2, -0.15) is 0 Å². The summed E-state index contributed by atoms with van der Waals surface area (Å²) in [4.78, 5) is 18.2. The van der Waals surface area contributed by atoms with Crippen LogP contribution in [-0.2, 0) is 4.79 Å². The molecular weight excluding hydrogens is 268 g/mol. The largest absolute Gasteiger partial charge is 0.480 e. The van der Waals surface area contributed by atoms with E-state index in [0.717, 1.165) is 24.3 Å². The summed E-state index contributed by atoms with van der Waals surface area (Å²) in [6, 6.07) is 3.69. The van der Waals surface area contributed by atoms with Crippen LogP contribution in [0.15, 0.2) is 24.5 Å². The van der Waals surface area contributed by atoms with Crippen LogP contribution in [0.5, 0.6) is 5.75 Å². The molecule has 0 unspecified atom stereocenters. The van der Waals surface area contributed by atoms with Crippen molar-refractivity contribution in [2.45, 2.75) is 13.3 Å². The van der Waals surface area contributed by atoms with E-state index in [1.54, 1.807) is 0 Å². The zero-order valence-electron chi connectivity index (χ0n) is 12.8. The molecule has 0 atom stereocenters. The van der Waals surface area contributed by atoms with Gasteiger partial charge in [0.15, 0.2) is 18.0 Å². The highest BCUT2D eigenvalue weighted by Gasteiger charge is 2.07. The molecule has 0 saturated carbocycles. The van der Waals surface area contributed by atoms with E-state index in [2.05, 4.69) is 15.2 Å². The summed E-state index contributed by atoms with van der Waals surface area (Å²) in [5.74, 6) is 0.507. The van der Waals surface area contributed by atoms with E-state index in [4.69, 9.17) is 4.74 Å². The average molecular weight is 290 g/mol. The minimum atomic E-state index is -0.112. The second-order valence-electron chi connectivity index (χ2n) is 5.28. The van der Waals surface area contributed by atoms with Crippen molar-refractivity contribution in [1.82, 2.24) is 19.6 Å². The molecule has 1 N–H and O–H groups in total. The first-order valence-corrected chi connectivity index (χ1v) is 7.05. The number of ether oxygens (including phenoxy) is 1. The topological polar surface area (TPSA) is 58.9 Å². The summed E-state index contributed by atoms with van der Waals surface area (Å²) in [5.41, 5.74) is 1.65.